The Morgan fingerprint density at radius 3 is 2.40 bits per heavy atom. The van der Waals surface area contributed by atoms with Crippen molar-refractivity contribution in [2.45, 2.75) is 17.9 Å². The monoisotopic (exact) mass is 655 g/mol. The minimum absolute atomic E-state index is 0.0627. The van der Waals surface area contributed by atoms with Crippen LogP contribution in [0.1, 0.15) is 6.42 Å². The molecule has 47 heavy (non-hydrogen) atoms. The summed E-state index contributed by atoms with van der Waals surface area (Å²) in [6.07, 6.45) is 4.75. The third kappa shape index (κ3) is 7.22. The van der Waals surface area contributed by atoms with E-state index in [4.69, 9.17) is 9.57 Å². The number of piperazine rings is 1. The van der Waals surface area contributed by atoms with Crippen molar-refractivity contribution >= 4 is 44.6 Å². The Kier molecular flexibility index (Phi) is 9.66. The number of carbonyl (C=O) groups is 1. The van der Waals surface area contributed by atoms with Gasteiger partial charge >= 0.3 is 6.47 Å². The number of ether oxygens (including phenoxy) is 1. The van der Waals surface area contributed by atoms with E-state index in [0.717, 1.165) is 67.8 Å². The van der Waals surface area contributed by atoms with Crippen LogP contribution in [-0.2, 0) is 26.2 Å². The van der Waals surface area contributed by atoms with E-state index >= 15 is 0 Å². The Balaban J connectivity index is 1.18. The van der Waals surface area contributed by atoms with Gasteiger partial charge in [-0.1, -0.05) is 22.7 Å². The van der Waals surface area contributed by atoms with Gasteiger partial charge in [-0.2, -0.15) is 8.42 Å². The highest BCUT2D eigenvalue weighted by atomic mass is 32.2. The number of sulfonamides is 1. The fraction of sp³-hybridized carbons (Fsp3) is 0.265. The summed E-state index contributed by atoms with van der Waals surface area (Å²) in [5.41, 5.74) is 3.76. The van der Waals surface area contributed by atoms with E-state index in [1.54, 1.807) is 12.1 Å². The number of para-hydroxylation sites is 1. The fourth-order valence-corrected chi connectivity index (χ4v) is 6.92. The SMILES string of the molecule is COc1ccc(S(=O)(=O)N(OC=O)c2ccc(Nc3cc(-c4cn(CCCN5CCN(C)CC5)c5ccccc45)ncn3)cc2)cc1. The Bertz CT molecular complexity index is 1920. The fourth-order valence-electron chi connectivity index (χ4n) is 5.70. The van der Waals surface area contributed by atoms with Gasteiger partial charge in [0.15, 0.2) is 0 Å². The Labute approximate surface area is 274 Å². The topological polar surface area (TPSA) is 122 Å². The predicted molar refractivity (Wildman–Crippen MR) is 181 cm³/mol. The van der Waals surface area contributed by atoms with Crippen molar-refractivity contribution in [1.29, 1.82) is 0 Å². The van der Waals surface area contributed by atoms with Crippen molar-refractivity contribution < 1.29 is 22.8 Å². The molecule has 0 saturated carbocycles. The average Bonchev–Trinajstić information content (AvgIpc) is 3.47. The quantitative estimate of drug-likeness (QED) is 0.140. The number of rotatable bonds is 13. The maximum Gasteiger partial charge on any atom is 0.322 e. The van der Waals surface area contributed by atoms with Crippen molar-refractivity contribution in [3.05, 3.63) is 91.4 Å². The van der Waals surface area contributed by atoms with Crippen LogP contribution in [0.2, 0.25) is 0 Å². The van der Waals surface area contributed by atoms with Crippen LogP contribution in [0.5, 0.6) is 5.75 Å². The first-order valence-corrected chi connectivity index (χ1v) is 16.8. The van der Waals surface area contributed by atoms with Gasteiger partial charge in [0.05, 0.1) is 23.4 Å². The summed E-state index contributed by atoms with van der Waals surface area (Å²) < 4.78 is 34.5. The van der Waals surface area contributed by atoms with Crippen molar-refractivity contribution in [2.24, 2.45) is 0 Å². The van der Waals surface area contributed by atoms with Crippen molar-refractivity contribution in [2.75, 3.05) is 56.7 Å². The van der Waals surface area contributed by atoms with Crippen LogP contribution in [0.15, 0.2) is 96.3 Å². The number of nitrogens with zero attached hydrogens (tertiary/aromatic N) is 6. The molecule has 1 fully saturated rings. The number of aryl methyl sites for hydroxylation is 1. The third-order valence-electron chi connectivity index (χ3n) is 8.27. The van der Waals surface area contributed by atoms with Gasteiger partial charge in [-0.05, 0) is 74.6 Å². The molecule has 1 saturated heterocycles. The largest absolute Gasteiger partial charge is 0.497 e. The lowest BCUT2D eigenvalue weighted by Crippen LogP contribution is -2.44. The molecule has 0 amide bonds. The van der Waals surface area contributed by atoms with Gasteiger partial charge in [-0.3, -0.25) is 4.79 Å². The highest BCUT2D eigenvalue weighted by Crippen LogP contribution is 2.32. The van der Waals surface area contributed by atoms with Crippen LogP contribution >= 0.6 is 0 Å². The smallest absolute Gasteiger partial charge is 0.322 e. The molecular weight excluding hydrogens is 618 g/mol. The first-order valence-electron chi connectivity index (χ1n) is 15.3. The molecule has 13 heteroatoms. The average molecular weight is 656 g/mol. The molecule has 0 radical (unpaired) electrons. The van der Waals surface area contributed by atoms with Crippen molar-refractivity contribution in [1.82, 2.24) is 24.3 Å². The summed E-state index contributed by atoms with van der Waals surface area (Å²) in [6, 6.07) is 22.4. The second-order valence-electron chi connectivity index (χ2n) is 11.3. The number of methoxy groups -OCH3 is 1. The van der Waals surface area contributed by atoms with E-state index in [1.165, 1.54) is 49.8 Å². The second-order valence-corrected chi connectivity index (χ2v) is 13.1. The van der Waals surface area contributed by atoms with Gasteiger partial charge in [0.25, 0.3) is 10.0 Å². The number of hydrogen-bond acceptors (Lipinski definition) is 10. The molecule has 1 aliphatic heterocycles. The molecule has 3 aromatic carbocycles. The number of nitrogens with one attached hydrogen (secondary N) is 1. The second kappa shape index (κ2) is 14.2. The summed E-state index contributed by atoms with van der Waals surface area (Å²) in [4.78, 5) is 30.0. The summed E-state index contributed by atoms with van der Waals surface area (Å²) in [5.74, 6) is 1.07. The molecule has 0 atom stereocenters. The lowest BCUT2D eigenvalue weighted by molar-refractivity contribution is -0.128. The molecule has 1 aliphatic rings. The standard InChI is InChI=1S/C34H37N7O5S/c1-38-18-20-39(21-19-38)16-5-17-40-23-31(30-6-3-4-7-33(30)40)32-22-34(36-24-35-32)37-26-8-10-27(11-9-26)41(46-25-42)47(43,44)29-14-12-28(45-2)13-15-29/h3-4,6-15,22-25H,5,16-21H2,1-2H3,(H,35,36,37). The molecule has 0 spiro atoms. The molecule has 12 nitrogen and oxygen atoms in total. The van der Waals surface area contributed by atoms with Gasteiger partial charge < -0.3 is 29.3 Å². The first kappa shape index (κ1) is 32.0. The number of aromatic nitrogens is 3. The molecule has 5 aromatic rings. The summed E-state index contributed by atoms with van der Waals surface area (Å²) in [5, 5.41) is 4.38. The van der Waals surface area contributed by atoms with Crippen LogP contribution < -0.4 is 14.5 Å². The maximum atomic E-state index is 13.3. The Hall–Kier alpha value is -4.98. The minimum atomic E-state index is -4.20. The minimum Gasteiger partial charge on any atom is -0.497 e. The summed E-state index contributed by atoms with van der Waals surface area (Å²) >= 11 is 0. The van der Waals surface area contributed by atoms with Gasteiger partial charge in [-0.15, -0.1) is 0 Å². The molecule has 1 N–H and O–H groups in total. The zero-order chi connectivity index (χ0) is 32.8. The van der Waals surface area contributed by atoms with E-state index in [-0.39, 0.29) is 17.1 Å². The molecule has 0 unspecified atom stereocenters. The van der Waals surface area contributed by atoms with Crippen molar-refractivity contribution in [3.8, 4) is 17.0 Å². The molecule has 6 rings (SSSR count). The molecule has 2 aromatic heterocycles. The molecular formula is C34H37N7O5S. The molecule has 0 bridgehead atoms. The molecule has 0 aliphatic carbocycles. The lowest BCUT2D eigenvalue weighted by Gasteiger charge is -2.32. The van der Waals surface area contributed by atoms with Crippen molar-refractivity contribution in [3.63, 3.8) is 0 Å². The van der Waals surface area contributed by atoms with E-state index in [2.05, 4.69) is 61.1 Å². The van der Waals surface area contributed by atoms with Gasteiger partial charge in [0.1, 0.15) is 17.9 Å². The normalized spacial score (nSPS) is 14.2. The highest BCUT2D eigenvalue weighted by Gasteiger charge is 2.27. The van der Waals surface area contributed by atoms with Gasteiger partial charge in [-0.25, -0.2) is 9.97 Å². The Morgan fingerprint density at radius 2 is 1.68 bits per heavy atom. The lowest BCUT2D eigenvalue weighted by atomic mass is 10.1. The van der Waals surface area contributed by atoms with E-state index < -0.39 is 10.0 Å². The zero-order valence-corrected chi connectivity index (χ0v) is 27.1. The van der Waals surface area contributed by atoms with Crippen LogP contribution in [0.3, 0.4) is 0 Å². The van der Waals surface area contributed by atoms with Crippen LogP contribution in [-0.4, -0.2) is 86.1 Å². The van der Waals surface area contributed by atoms with E-state index in [0.29, 0.717) is 21.7 Å². The number of anilines is 3. The van der Waals surface area contributed by atoms with Gasteiger partial charge in [0.2, 0.25) is 0 Å². The number of likely N-dealkylation sites (N-methyl/N-ethyl adjacent to an activating group) is 1. The first-order chi connectivity index (χ1) is 22.9. The van der Waals surface area contributed by atoms with Gasteiger partial charge in [0, 0.05) is 67.1 Å². The number of fused-ring (bicyclic) bond motifs is 1. The van der Waals surface area contributed by atoms with Crippen LogP contribution in [0.25, 0.3) is 22.2 Å². The van der Waals surface area contributed by atoms with E-state index in [1.807, 2.05) is 12.1 Å². The maximum absolute atomic E-state index is 13.3. The number of hydrogen-bond donors (Lipinski definition) is 1. The third-order valence-corrected chi connectivity index (χ3v) is 9.87. The van der Waals surface area contributed by atoms with Crippen LogP contribution in [0, 0.1) is 0 Å². The predicted octanol–water partition coefficient (Wildman–Crippen LogP) is 4.77. The number of benzene rings is 3. The van der Waals surface area contributed by atoms with E-state index in [9.17, 15) is 13.2 Å². The number of carbonyl (C=O) groups excluding carboxylic acids is 1. The molecule has 244 valence electrons. The van der Waals surface area contributed by atoms with Crippen LogP contribution in [0.4, 0.5) is 17.2 Å². The highest BCUT2D eigenvalue weighted by molar-refractivity contribution is 7.92. The zero-order valence-electron chi connectivity index (χ0n) is 26.3. The summed E-state index contributed by atoms with van der Waals surface area (Å²) in [7, 11) is -0.540. The Morgan fingerprint density at radius 1 is 0.936 bits per heavy atom. The molecule has 3 heterocycles. The summed E-state index contributed by atoms with van der Waals surface area (Å²) in [6.45, 7) is 6.51.